The number of imidazole rings is 1. The zero-order valence-electron chi connectivity index (χ0n) is 12.9. The van der Waals surface area contributed by atoms with Gasteiger partial charge in [-0.15, -0.1) is 11.3 Å². The molecule has 118 valence electrons. The molecule has 0 saturated carbocycles. The first-order valence-electron chi connectivity index (χ1n) is 8.04. The fraction of sp³-hybridized carbons (Fsp3) is 0.333. The number of hydrogen-bond acceptors (Lipinski definition) is 3. The Balaban J connectivity index is 1.45. The highest BCUT2D eigenvalue weighted by molar-refractivity contribution is 7.15. The Bertz CT molecular complexity index is 779. The minimum Gasteiger partial charge on any atom is -0.339 e. The van der Waals surface area contributed by atoms with E-state index in [2.05, 4.69) is 34.1 Å². The number of fused-ring (bicyclic) bond motifs is 1. The van der Waals surface area contributed by atoms with E-state index >= 15 is 0 Å². The maximum absolute atomic E-state index is 12.7. The van der Waals surface area contributed by atoms with Gasteiger partial charge in [0.25, 0.3) is 0 Å². The van der Waals surface area contributed by atoms with Crippen LogP contribution >= 0.6 is 11.3 Å². The molecule has 1 amide bonds. The first kappa shape index (κ1) is 14.5. The van der Waals surface area contributed by atoms with Crippen molar-refractivity contribution in [2.45, 2.75) is 31.7 Å². The smallest absolute Gasteiger partial charge is 0.228 e. The summed E-state index contributed by atoms with van der Waals surface area (Å²) < 4.78 is 1.98. The lowest BCUT2D eigenvalue weighted by molar-refractivity contribution is -0.131. The molecule has 1 fully saturated rings. The molecular weight excluding hydrogens is 306 g/mol. The molecule has 1 atom stereocenters. The molecule has 0 bridgehead atoms. The molecule has 1 aliphatic heterocycles. The topological polar surface area (TPSA) is 37.6 Å². The Labute approximate surface area is 139 Å². The zero-order valence-corrected chi connectivity index (χ0v) is 13.7. The summed E-state index contributed by atoms with van der Waals surface area (Å²) in [5, 5.41) is 2.00. The van der Waals surface area contributed by atoms with Crippen LogP contribution in [-0.2, 0) is 17.6 Å². The molecule has 1 aromatic carbocycles. The maximum atomic E-state index is 12.7. The minimum atomic E-state index is 0.203. The quantitative estimate of drug-likeness (QED) is 0.739. The van der Waals surface area contributed by atoms with E-state index in [-0.39, 0.29) is 5.91 Å². The van der Waals surface area contributed by atoms with Crippen molar-refractivity contribution < 1.29 is 4.79 Å². The van der Waals surface area contributed by atoms with Gasteiger partial charge in [0, 0.05) is 30.4 Å². The summed E-state index contributed by atoms with van der Waals surface area (Å²) in [7, 11) is 0. The van der Waals surface area contributed by atoms with Crippen molar-refractivity contribution in [2.75, 3.05) is 6.54 Å². The molecule has 1 aliphatic rings. The van der Waals surface area contributed by atoms with Gasteiger partial charge in [-0.25, -0.2) is 4.98 Å². The van der Waals surface area contributed by atoms with Crippen molar-refractivity contribution in [1.82, 2.24) is 14.3 Å². The predicted molar refractivity (Wildman–Crippen MR) is 91.7 cm³/mol. The molecule has 3 heterocycles. The molecular formula is C18H19N3OS. The molecule has 3 aromatic rings. The van der Waals surface area contributed by atoms with Crippen molar-refractivity contribution in [1.29, 1.82) is 0 Å². The Morgan fingerprint density at radius 3 is 3.00 bits per heavy atom. The number of nitrogens with zero attached hydrogens (tertiary/aromatic N) is 3. The van der Waals surface area contributed by atoms with E-state index in [4.69, 9.17) is 0 Å². The van der Waals surface area contributed by atoms with Gasteiger partial charge in [0.2, 0.25) is 5.91 Å². The monoisotopic (exact) mass is 325 g/mol. The van der Waals surface area contributed by atoms with Crippen LogP contribution in [-0.4, -0.2) is 32.8 Å². The second-order valence-corrected chi connectivity index (χ2v) is 6.95. The summed E-state index contributed by atoms with van der Waals surface area (Å²) in [6.07, 6.45) is 7.49. The third-order valence-corrected chi connectivity index (χ3v) is 5.26. The van der Waals surface area contributed by atoms with E-state index in [0.717, 1.165) is 36.5 Å². The van der Waals surface area contributed by atoms with Gasteiger partial charge in [-0.2, -0.15) is 0 Å². The van der Waals surface area contributed by atoms with Crippen LogP contribution in [0.4, 0.5) is 0 Å². The van der Waals surface area contributed by atoms with Crippen molar-refractivity contribution >= 4 is 22.2 Å². The Morgan fingerprint density at radius 2 is 2.17 bits per heavy atom. The van der Waals surface area contributed by atoms with Crippen molar-refractivity contribution in [3.05, 3.63) is 59.4 Å². The van der Waals surface area contributed by atoms with Gasteiger partial charge in [0.1, 0.15) is 0 Å². The first-order chi connectivity index (χ1) is 11.3. The van der Waals surface area contributed by atoms with Crippen LogP contribution in [0.25, 0.3) is 4.96 Å². The van der Waals surface area contributed by atoms with Gasteiger partial charge in [-0.3, -0.25) is 9.20 Å². The van der Waals surface area contributed by atoms with Crippen molar-refractivity contribution in [3.8, 4) is 0 Å². The Hall–Kier alpha value is -2.14. The fourth-order valence-corrected chi connectivity index (χ4v) is 4.10. The van der Waals surface area contributed by atoms with E-state index < -0.39 is 0 Å². The molecule has 23 heavy (non-hydrogen) atoms. The zero-order chi connectivity index (χ0) is 15.6. The highest BCUT2D eigenvalue weighted by Gasteiger charge is 2.29. The Kier molecular flexibility index (Phi) is 3.87. The highest BCUT2D eigenvalue weighted by atomic mass is 32.1. The van der Waals surface area contributed by atoms with E-state index in [0.29, 0.717) is 12.5 Å². The second-order valence-electron chi connectivity index (χ2n) is 6.07. The number of rotatable bonds is 4. The van der Waals surface area contributed by atoms with Crippen LogP contribution in [0.2, 0.25) is 0 Å². The van der Waals surface area contributed by atoms with Gasteiger partial charge in [0.05, 0.1) is 12.1 Å². The summed E-state index contributed by atoms with van der Waals surface area (Å²) in [4.78, 5) is 20.2. The average molecular weight is 325 g/mol. The average Bonchev–Trinajstić information content (AvgIpc) is 3.24. The number of thiazole rings is 1. The summed E-state index contributed by atoms with van der Waals surface area (Å²) in [6, 6.07) is 10.8. The van der Waals surface area contributed by atoms with Gasteiger partial charge in [0.15, 0.2) is 4.96 Å². The van der Waals surface area contributed by atoms with Crippen LogP contribution in [0, 0.1) is 0 Å². The molecule has 4 rings (SSSR count). The van der Waals surface area contributed by atoms with Gasteiger partial charge in [-0.1, -0.05) is 30.3 Å². The lowest BCUT2D eigenvalue weighted by atomic mass is 10.0. The molecule has 1 saturated heterocycles. The molecule has 0 aliphatic carbocycles. The number of aromatic nitrogens is 2. The van der Waals surface area contributed by atoms with E-state index in [1.54, 1.807) is 11.3 Å². The number of benzene rings is 1. The first-order valence-corrected chi connectivity index (χ1v) is 8.92. The van der Waals surface area contributed by atoms with E-state index in [1.807, 2.05) is 28.2 Å². The van der Waals surface area contributed by atoms with Gasteiger partial charge >= 0.3 is 0 Å². The van der Waals surface area contributed by atoms with E-state index in [1.165, 1.54) is 5.56 Å². The fourth-order valence-electron chi connectivity index (χ4n) is 3.38. The Morgan fingerprint density at radius 1 is 1.30 bits per heavy atom. The minimum absolute atomic E-state index is 0.203. The molecule has 0 N–H and O–H groups in total. The summed E-state index contributed by atoms with van der Waals surface area (Å²) in [5.74, 6) is 0.203. The van der Waals surface area contributed by atoms with Crippen LogP contribution in [0.3, 0.4) is 0 Å². The highest BCUT2D eigenvalue weighted by Crippen LogP contribution is 2.22. The molecule has 0 radical (unpaired) electrons. The standard InChI is InChI=1S/C18H19N3OS/c22-17(12-15-13-20-9-10-23-18(20)19-15)21-8-4-7-16(21)11-14-5-2-1-3-6-14/h1-3,5-6,9-10,13,16H,4,7-8,11-12H2. The van der Waals surface area contributed by atoms with Crippen LogP contribution in [0.15, 0.2) is 48.1 Å². The number of carbonyl (C=O) groups excluding carboxylic acids is 1. The molecule has 5 heteroatoms. The number of likely N-dealkylation sites (tertiary alicyclic amines) is 1. The third kappa shape index (κ3) is 3.01. The molecule has 2 aromatic heterocycles. The molecule has 0 spiro atoms. The number of carbonyl (C=O) groups is 1. The summed E-state index contributed by atoms with van der Waals surface area (Å²) >= 11 is 1.60. The second kappa shape index (κ2) is 6.16. The number of hydrogen-bond donors (Lipinski definition) is 0. The van der Waals surface area contributed by atoms with E-state index in [9.17, 15) is 4.79 Å². The largest absolute Gasteiger partial charge is 0.339 e. The van der Waals surface area contributed by atoms with Gasteiger partial charge < -0.3 is 4.90 Å². The number of amides is 1. The van der Waals surface area contributed by atoms with Gasteiger partial charge in [-0.05, 0) is 24.8 Å². The van der Waals surface area contributed by atoms with Crippen LogP contribution < -0.4 is 0 Å². The summed E-state index contributed by atoms with van der Waals surface area (Å²) in [5.41, 5.74) is 2.17. The normalized spacial score (nSPS) is 17.9. The third-order valence-electron chi connectivity index (χ3n) is 4.49. The lowest BCUT2D eigenvalue weighted by Crippen LogP contribution is -2.37. The van der Waals surface area contributed by atoms with Crippen molar-refractivity contribution in [3.63, 3.8) is 0 Å². The van der Waals surface area contributed by atoms with Crippen LogP contribution in [0.1, 0.15) is 24.1 Å². The van der Waals surface area contributed by atoms with Crippen LogP contribution in [0.5, 0.6) is 0 Å². The maximum Gasteiger partial charge on any atom is 0.228 e. The van der Waals surface area contributed by atoms with Crippen molar-refractivity contribution in [2.24, 2.45) is 0 Å². The summed E-state index contributed by atoms with van der Waals surface area (Å²) in [6.45, 7) is 0.874. The molecule has 4 nitrogen and oxygen atoms in total. The molecule has 1 unspecified atom stereocenters. The SMILES string of the molecule is O=C(Cc1cn2ccsc2n1)N1CCCC1Cc1ccccc1. The predicted octanol–water partition coefficient (Wildman–Crippen LogP) is 3.17. The lowest BCUT2D eigenvalue weighted by Gasteiger charge is -2.24.